The zero-order chi connectivity index (χ0) is 14.1. The minimum Gasteiger partial charge on any atom is -0.337 e. The molecule has 0 saturated heterocycles. The number of aromatic nitrogens is 5. The molecule has 3 aromatic rings. The van der Waals surface area contributed by atoms with Crippen molar-refractivity contribution in [1.29, 1.82) is 0 Å². The normalized spacial score (nSPS) is 11.3. The predicted octanol–water partition coefficient (Wildman–Crippen LogP) is 2.71. The van der Waals surface area contributed by atoms with Gasteiger partial charge in [-0.1, -0.05) is 5.16 Å². The molecule has 3 aromatic heterocycles. The molecule has 8 heteroatoms. The molecule has 104 valence electrons. The van der Waals surface area contributed by atoms with Gasteiger partial charge in [-0.25, -0.2) is 9.97 Å². The molecule has 0 spiro atoms. The average molecular weight is 357 g/mol. The first-order valence-electron chi connectivity index (χ1n) is 6.03. The molecule has 0 aliphatic carbocycles. The number of alkyl halides is 1. The van der Waals surface area contributed by atoms with Crippen LogP contribution in [-0.2, 0) is 13.0 Å². The largest absolute Gasteiger partial charge is 0.337 e. The van der Waals surface area contributed by atoms with Gasteiger partial charge in [-0.2, -0.15) is 4.98 Å². The average Bonchev–Trinajstić information content (AvgIpc) is 2.95. The molecule has 0 aliphatic heterocycles. The fraction of sp³-hybridized carbons (Fsp3) is 0.333. The topological polar surface area (TPSA) is 69.6 Å². The minimum atomic E-state index is 0.443. The van der Waals surface area contributed by atoms with E-state index in [2.05, 4.69) is 36.0 Å². The molecule has 0 saturated carbocycles. The molecule has 6 nitrogen and oxygen atoms in total. The van der Waals surface area contributed by atoms with Crippen LogP contribution in [0.2, 0.25) is 0 Å². The third-order valence-electron chi connectivity index (χ3n) is 2.81. The Bertz CT molecular complexity index is 753. The van der Waals surface area contributed by atoms with E-state index in [1.165, 1.54) is 0 Å². The molecule has 0 aromatic carbocycles. The number of hydrogen-bond donors (Lipinski definition) is 0. The van der Waals surface area contributed by atoms with E-state index in [0.717, 1.165) is 21.5 Å². The zero-order valence-corrected chi connectivity index (χ0v) is 13.0. The highest BCUT2D eigenvalue weighted by Gasteiger charge is 2.14. The van der Waals surface area contributed by atoms with E-state index >= 15 is 0 Å². The van der Waals surface area contributed by atoms with Crippen LogP contribution in [0, 0.1) is 6.92 Å². The summed E-state index contributed by atoms with van der Waals surface area (Å²) in [5.74, 6) is 2.49. The third kappa shape index (κ3) is 2.55. The van der Waals surface area contributed by atoms with Gasteiger partial charge in [0.2, 0.25) is 5.89 Å². The lowest BCUT2D eigenvalue weighted by Gasteiger charge is -2.04. The Kier molecular flexibility index (Phi) is 3.71. The van der Waals surface area contributed by atoms with Crippen LogP contribution in [0.3, 0.4) is 0 Å². The first-order valence-corrected chi connectivity index (χ1v) is 7.36. The number of nitrogens with zero attached hydrogens (tertiary/aromatic N) is 5. The molecule has 3 rings (SSSR count). The number of hydrogen-bond acceptors (Lipinski definition) is 5. The van der Waals surface area contributed by atoms with Crippen LogP contribution >= 0.6 is 27.5 Å². The number of aryl methyl sites for hydroxylation is 2. The lowest BCUT2D eigenvalue weighted by atomic mass is 10.4. The van der Waals surface area contributed by atoms with Gasteiger partial charge in [0.15, 0.2) is 11.5 Å². The second-order valence-corrected chi connectivity index (χ2v) is 5.58. The Hall–Kier alpha value is -1.47. The summed E-state index contributed by atoms with van der Waals surface area (Å²) in [4.78, 5) is 13.2. The van der Waals surface area contributed by atoms with Crippen LogP contribution in [0.15, 0.2) is 21.3 Å². The first kappa shape index (κ1) is 13.5. The molecule has 0 aliphatic rings. The van der Waals surface area contributed by atoms with Crippen molar-refractivity contribution in [3.63, 3.8) is 0 Å². The Balaban J connectivity index is 2.08. The fourth-order valence-corrected chi connectivity index (χ4v) is 2.50. The van der Waals surface area contributed by atoms with Crippen molar-refractivity contribution < 1.29 is 4.52 Å². The van der Waals surface area contributed by atoms with Gasteiger partial charge in [0.05, 0.1) is 0 Å². The summed E-state index contributed by atoms with van der Waals surface area (Å²) < 4.78 is 8.01. The van der Waals surface area contributed by atoms with Gasteiger partial charge < -0.3 is 9.09 Å². The van der Waals surface area contributed by atoms with Crippen LogP contribution in [0.4, 0.5) is 0 Å². The maximum atomic E-state index is 5.84. The molecule has 0 radical (unpaired) electrons. The van der Waals surface area contributed by atoms with E-state index in [-0.39, 0.29) is 0 Å². The quantitative estimate of drug-likeness (QED) is 0.672. The Morgan fingerprint density at radius 2 is 2.25 bits per heavy atom. The van der Waals surface area contributed by atoms with Gasteiger partial charge in [0.1, 0.15) is 17.9 Å². The maximum Gasteiger partial charge on any atom is 0.246 e. The summed E-state index contributed by atoms with van der Waals surface area (Å²) in [6.45, 7) is 2.23. The van der Waals surface area contributed by atoms with E-state index in [9.17, 15) is 0 Å². The van der Waals surface area contributed by atoms with Crippen molar-refractivity contribution >= 4 is 38.7 Å². The van der Waals surface area contributed by atoms with Crippen LogP contribution in [0.1, 0.15) is 17.5 Å². The zero-order valence-electron chi connectivity index (χ0n) is 10.7. The summed E-state index contributed by atoms with van der Waals surface area (Å²) in [7, 11) is 0. The number of pyridine rings is 1. The number of fused-ring (bicyclic) bond motifs is 1. The highest BCUT2D eigenvalue weighted by molar-refractivity contribution is 9.10. The van der Waals surface area contributed by atoms with Crippen molar-refractivity contribution in [2.75, 3.05) is 5.88 Å². The molecular weight excluding hydrogens is 346 g/mol. The number of rotatable bonds is 4. The maximum absolute atomic E-state index is 5.84. The fourth-order valence-electron chi connectivity index (χ4n) is 2.01. The minimum absolute atomic E-state index is 0.443. The highest BCUT2D eigenvalue weighted by Crippen LogP contribution is 2.20. The molecule has 0 N–H and O–H groups in total. The van der Waals surface area contributed by atoms with E-state index in [1.54, 1.807) is 13.1 Å². The van der Waals surface area contributed by atoms with Gasteiger partial charge in [-0.3, -0.25) is 0 Å². The van der Waals surface area contributed by atoms with Crippen LogP contribution < -0.4 is 0 Å². The molecule has 0 unspecified atom stereocenters. The molecular formula is C12H11BrClN5O. The van der Waals surface area contributed by atoms with E-state index in [1.807, 2.05) is 10.6 Å². The van der Waals surface area contributed by atoms with Crippen molar-refractivity contribution in [1.82, 2.24) is 24.7 Å². The number of imidazole rings is 1. The lowest BCUT2D eigenvalue weighted by Crippen LogP contribution is -2.07. The van der Waals surface area contributed by atoms with Gasteiger partial charge in [-0.15, -0.1) is 11.6 Å². The third-order valence-corrected chi connectivity index (χ3v) is 3.43. The summed E-state index contributed by atoms with van der Waals surface area (Å²) in [5.41, 5.74) is 1.60. The van der Waals surface area contributed by atoms with Gasteiger partial charge in [0, 0.05) is 23.0 Å². The van der Waals surface area contributed by atoms with E-state index < -0.39 is 0 Å². The SMILES string of the molecule is Cc1noc(Cn2c(CCCl)nc3cc(Br)cnc32)n1. The van der Waals surface area contributed by atoms with Gasteiger partial charge in [0.25, 0.3) is 0 Å². The molecule has 0 amide bonds. The van der Waals surface area contributed by atoms with Crippen molar-refractivity contribution in [3.8, 4) is 0 Å². The molecule has 0 fully saturated rings. The molecule has 0 bridgehead atoms. The number of halogens is 2. The van der Waals surface area contributed by atoms with Crippen molar-refractivity contribution in [3.05, 3.63) is 34.3 Å². The molecule has 3 heterocycles. The van der Waals surface area contributed by atoms with Gasteiger partial charge in [-0.05, 0) is 28.9 Å². The monoisotopic (exact) mass is 355 g/mol. The predicted molar refractivity (Wildman–Crippen MR) is 77.8 cm³/mol. The smallest absolute Gasteiger partial charge is 0.246 e. The van der Waals surface area contributed by atoms with E-state index in [4.69, 9.17) is 16.1 Å². The summed E-state index contributed by atoms with van der Waals surface area (Å²) in [5, 5.41) is 3.79. The van der Waals surface area contributed by atoms with E-state index in [0.29, 0.717) is 30.6 Å². The Morgan fingerprint density at radius 3 is 2.95 bits per heavy atom. The lowest BCUT2D eigenvalue weighted by molar-refractivity contribution is 0.367. The van der Waals surface area contributed by atoms with Gasteiger partial charge >= 0.3 is 0 Å². The second kappa shape index (κ2) is 5.49. The van der Waals surface area contributed by atoms with Crippen LogP contribution in [0.25, 0.3) is 11.2 Å². The molecule has 20 heavy (non-hydrogen) atoms. The molecule has 0 atom stereocenters. The highest BCUT2D eigenvalue weighted by atomic mass is 79.9. The van der Waals surface area contributed by atoms with Crippen LogP contribution in [0.5, 0.6) is 0 Å². The summed E-state index contributed by atoms with van der Waals surface area (Å²) >= 11 is 9.24. The van der Waals surface area contributed by atoms with Crippen LogP contribution in [-0.4, -0.2) is 30.6 Å². The Morgan fingerprint density at radius 1 is 1.40 bits per heavy atom. The Labute approximate surface area is 128 Å². The summed E-state index contributed by atoms with van der Waals surface area (Å²) in [6.07, 6.45) is 2.40. The van der Waals surface area contributed by atoms with Crippen molar-refractivity contribution in [2.24, 2.45) is 0 Å². The second-order valence-electron chi connectivity index (χ2n) is 4.28. The standard InChI is InChI=1S/C12H11BrClN5O/c1-7-16-11(20-18-7)6-19-10(2-3-14)17-9-4-8(13)5-15-12(9)19/h4-5H,2-3,6H2,1H3. The van der Waals surface area contributed by atoms with Crippen molar-refractivity contribution in [2.45, 2.75) is 19.9 Å². The first-order chi connectivity index (χ1) is 9.67. The summed E-state index contributed by atoms with van der Waals surface area (Å²) in [6, 6.07) is 1.93.